The fourth-order valence-corrected chi connectivity index (χ4v) is 2.21. The predicted molar refractivity (Wildman–Crippen MR) is 56.9 cm³/mol. The van der Waals surface area contributed by atoms with Crippen LogP contribution < -0.4 is 0 Å². The molecule has 1 N–H and O–H groups in total. The Morgan fingerprint density at radius 2 is 2.24 bits per heavy atom. The van der Waals surface area contributed by atoms with Gasteiger partial charge in [-0.2, -0.15) is 13.2 Å². The lowest BCUT2D eigenvalue weighted by molar-refractivity contribution is -0.140. The molecule has 1 fully saturated rings. The van der Waals surface area contributed by atoms with Gasteiger partial charge in [0.25, 0.3) is 0 Å². The minimum Gasteiger partial charge on any atom is -0.481 e. The molecule has 0 radical (unpaired) electrons. The molecule has 4 nitrogen and oxygen atoms in total. The van der Waals surface area contributed by atoms with E-state index in [1.165, 1.54) is 0 Å². The summed E-state index contributed by atoms with van der Waals surface area (Å²) in [7, 11) is 0. The molecule has 0 saturated carbocycles. The molecule has 1 rings (SSSR count). The van der Waals surface area contributed by atoms with Crippen molar-refractivity contribution >= 4 is 17.7 Å². The van der Waals surface area contributed by atoms with Gasteiger partial charge in [-0.15, -0.1) is 0 Å². The molecule has 1 atom stereocenters. The standard InChI is InChI=1S/C9H14F3NO3S/c10-9(11,12)17-4-2-13-1-3-16-6-7(13)5-8(14)15/h7H,1-6H2,(H,14,15). The molecule has 8 heteroatoms. The van der Waals surface area contributed by atoms with Gasteiger partial charge in [0.05, 0.1) is 19.6 Å². The van der Waals surface area contributed by atoms with Crippen molar-refractivity contribution in [2.75, 3.05) is 32.1 Å². The summed E-state index contributed by atoms with van der Waals surface area (Å²) in [4.78, 5) is 12.3. The summed E-state index contributed by atoms with van der Waals surface area (Å²) < 4.78 is 41.0. The summed E-state index contributed by atoms with van der Waals surface area (Å²) >= 11 is -0.0818. The first-order chi connectivity index (χ1) is 7.88. The molecular weight excluding hydrogens is 259 g/mol. The van der Waals surface area contributed by atoms with Crippen molar-refractivity contribution in [2.24, 2.45) is 0 Å². The number of halogens is 3. The second kappa shape index (κ2) is 6.46. The first-order valence-electron chi connectivity index (χ1n) is 5.13. The van der Waals surface area contributed by atoms with Crippen LogP contribution in [-0.4, -0.2) is 59.6 Å². The van der Waals surface area contributed by atoms with Crippen molar-refractivity contribution < 1.29 is 27.8 Å². The van der Waals surface area contributed by atoms with Gasteiger partial charge < -0.3 is 9.84 Å². The average molecular weight is 273 g/mol. The van der Waals surface area contributed by atoms with E-state index in [4.69, 9.17) is 9.84 Å². The van der Waals surface area contributed by atoms with Gasteiger partial charge in [0, 0.05) is 24.9 Å². The van der Waals surface area contributed by atoms with Crippen molar-refractivity contribution in [3.8, 4) is 0 Å². The predicted octanol–water partition coefficient (Wildman–Crippen LogP) is 1.41. The Hall–Kier alpha value is -0.470. The number of hydrogen-bond acceptors (Lipinski definition) is 4. The fraction of sp³-hybridized carbons (Fsp3) is 0.889. The van der Waals surface area contributed by atoms with Crippen molar-refractivity contribution in [2.45, 2.75) is 18.0 Å². The lowest BCUT2D eigenvalue weighted by atomic mass is 10.1. The second-order valence-corrected chi connectivity index (χ2v) is 4.82. The highest BCUT2D eigenvalue weighted by Crippen LogP contribution is 2.30. The van der Waals surface area contributed by atoms with Crippen LogP contribution in [0.15, 0.2) is 0 Å². The van der Waals surface area contributed by atoms with E-state index in [0.717, 1.165) is 0 Å². The highest BCUT2D eigenvalue weighted by atomic mass is 32.2. The smallest absolute Gasteiger partial charge is 0.441 e. The van der Waals surface area contributed by atoms with E-state index >= 15 is 0 Å². The number of morpholine rings is 1. The van der Waals surface area contributed by atoms with Crippen LogP contribution in [0.25, 0.3) is 0 Å². The molecule has 0 aromatic rings. The monoisotopic (exact) mass is 273 g/mol. The molecule has 1 saturated heterocycles. The molecule has 1 aliphatic heterocycles. The van der Waals surface area contributed by atoms with Gasteiger partial charge in [0.2, 0.25) is 0 Å². The first-order valence-corrected chi connectivity index (χ1v) is 6.11. The Balaban J connectivity index is 2.35. The zero-order chi connectivity index (χ0) is 12.9. The molecule has 1 unspecified atom stereocenters. The molecule has 1 heterocycles. The Kier molecular flexibility index (Phi) is 5.54. The number of alkyl halides is 3. The number of nitrogens with zero attached hydrogens (tertiary/aromatic N) is 1. The number of carbonyl (C=O) groups is 1. The highest BCUT2D eigenvalue weighted by Gasteiger charge is 2.30. The number of carboxylic acid groups (broad SMARTS) is 1. The third-order valence-corrected chi connectivity index (χ3v) is 3.12. The minimum absolute atomic E-state index is 0.0818. The summed E-state index contributed by atoms with van der Waals surface area (Å²) in [6.07, 6.45) is -0.101. The van der Waals surface area contributed by atoms with Crippen LogP contribution in [0.5, 0.6) is 0 Å². The Bertz CT molecular complexity index is 262. The van der Waals surface area contributed by atoms with Crippen LogP contribution in [0.2, 0.25) is 0 Å². The minimum atomic E-state index is -4.23. The lowest BCUT2D eigenvalue weighted by Gasteiger charge is -2.34. The van der Waals surface area contributed by atoms with Crippen molar-refractivity contribution in [3.63, 3.8) is 0 Å². The number of ether oxygens (including phenoxy) is 1. The van der Waals surface area contributed by atoms with E-state index in [1.54, 1.807) is 4.90 Å². The van der Waals surface area contributed by atoms with Crippen molar-refractivity contribution in [3.05, 3.63) is 0 Å². The maximum absolute atomic E-state index is 11.9. The Labute approximate surface area is 101 Å². The molecule has 100 valence electrons. The third-order valence-electron chi connectivity index (χ3n) is 2.40. The van der Waals surface area contributed by atoms with Crippen LogP contribution in [0.4, 0.5) is 13.2 Å². The van der Waals surface area contributed by atoms with E-state index in [-0.39, 0.29) is 43.1 Å². The number of thioether (sulfide) groups is 1. The van der Waals surface area contributed by atoms with E-state index in [0.29, 0.717) is 13.2 Å². The van der Waals surface area contributed by atoms with Gasteiger partial charge in [0.1, 0.15) is 0 Å². The zero-order valence-electron chi connectivity index (χ0n) is 9.07. The number of rotatable bonds is 5. The number of hydrogen-bond donors (Lipinski definition) is 1. The summed E-state index contributed by atoms with van der Waals surface area (Å²) in [5, 5.41) is 8.67. The largest absolute Gasteiger partial charge is 0.481 e. The molecule has 0 amide bonds. The van der Waals surface area contributed by atoms with E-state index in [9.17, 15) is 18.0 Å². The third kappa shape index (κ3) is 6.13. The van der Waals surface area contributed by atoms with Crippen LogP contribution in [0.1, 0.15) is 6.42 Å². The molecular formula is C9H14F3NO3S. The molecule has 17 heavy (non-hydrogen) atoms. The normalized spacial score (nSPS) is 22.6. The van der Waals surface area contributed by atoms with Gasteiger partial charge in [-0.3, -0.25) is 9.69 Å². The Morgan fingerprint density at radius 1 is 1.53 bits per heavy atom. The topological polar surface area (TPSA) is 49.8 Å². The van der Waals surface area contributed by atoms with Crippen LogP contribution >= 0.6 is 11.8 Å². The molecule has 0 aromatic carbocycles. The van der Waals surface area contributed by atoms with E-state index in [1.807, 2.05) is 0 Å². The maximum atomic E-state index is 11.9. The lowest BCUT2D eigenvalue weighted by Crippen LogP contribution is -2.47. The van der Waals surface area contributed by atoms with Gasteiger partial charge in [-0.05, 0) is 11.8 Å². The van der Waals surface area contributed by atoms with Crippen molar-refractivity contribution in [1.82, 2.24) is 4.90 Å². The van der Waals surface area contributed by atoms with E-state index < -0.39 is 11.5 Å². The average Bonchev–Trinajstić information content (AvgIpc) is 2.18. The van der Waals surface area contributed by atoms with Crippen molar-refractivity contribution in [1.29, 1.82) is 0 Å². The number of aliphatic carboxylic acids is 1. The van der Waals surface area contributed by atoms with Gasteiger partial charge in [0.15, 0.2) is 0 Å². The van der Waals surface area contributed by atoms with E-state index in [2.05, 4.69) is 0 Å². The molecule has 0 spiro atoms. The highest BCUT2D eigenvalue weighted by molar-refractivity contribution is 8.00. The van der Waals surface area contributed by atoms with Crippen LogP contribution in [0, 0.1) is 0 Å². The maximum Gasteiger partial charge on any atom is 0.441 e. The molecule has 0 bridgehead atoms. The van der Waals surface area contributed by atoms with Gasteiger partial charge >= 0.3 is 11.5 Å². The zero-order valence-corrected chi connectivity index (χ0v) is 9.89. The summed E-state index contributed by atoms with van der Waals surface area (Å²) in [5.41, 5.74) is -4.23. The summed E-state index contributed by atoms with van der Waals surface area (Å²) in [6, 6.07) is -0.324. The molecule has 1 aliphatic rings. The Morgan fingerprint density at radius 3 is 2.82 bits per heavy atom. The fourth-order valence-electron chi connectivity index (χ4n) is 1.65. The van der Waals surface area contributed by atoms with Crippen LogP contribution in [0.3, 0.4) is 0 Å². The van der Waals surface area contributed by atoms with Gasteiger partial charge in [-0.25, -0.2) is 0 Å². The second-order valence-electron chi connectivity index (χ2n) is 3.66. The summed E-state index contributed by atoms with van der Waals surface area (Å²) in [5.74, 6) is -1.05. The first kappa shape index (κ1) is 14.6. The molecule has 0 aliphatic carbocycles. The van der Waals surface area contributed by atoms with Crippen LogP contribution in [-0.2, 0) is 9.53 Å². The quantitative estimate of drug-likeness (QED) is 0.821. The number of carboxylic acids is 1. The summed E-state index contributed by atoms with van der Waals surface area (Å²) in [6.45, 7) is 1.41. The van der Waals surface area contributed by atoms with Gasteiger partial charge in [-0.1, -0.05) is 0 Å². The molecule has 0 aromatic heterocycles. The SMILES string of the molecule is O=C(O)CC1COCCN1CCSC(F)(F)F.